The van der Waals surface area contributed by atoms with Crippen molar-refractivity contribution in [2.75, 3.05) is 13.1 Å². The van der Waals surface area contributed by atoms with Crippen molar-refractivity contribution in [2.24, 2.45) is 0 Å². The van der Waals surface area contributed by atoms with Crippen LogP contribution in [0.1, 0.15) is 24.8 Å². The zero-order valence-corrected chi connectivity index (χ0v) is 20.8. The second-order valence-corrected chi connectivity index (χ2v) is 9.90. The number of halogens is 1. The lowest BCUT2D eigenvalue weighted by Crippen LogP contribution is -2.29. The van der Waals surface area contributed by atoms with Crippen LogP contribution in [0.15, 0.2) is 73.3 Å². The molecule has 5 heterocycles. The number of nitrogens with one attached hydrogen (secondary N) is 2. The maximum absolute atomic E-state index is 14.6. The van der Waals surface area contributed by atoms with Crippen molar-refractivity contribution in [1.82, 2.24) is 35.0 Å². The average Bonchev–Trinajstić information content (AvgIpc) is 3.58. The highest BCUT2D eigenvalue weighted by atomic mass is 19.1. The molecule has 6 aromatic rings. The van der Waals surface area contributed by atoms with Crippen molar-refractivity contribution in [3.8, 4) is 33.8 Å². The molecule has 1 fully saturated rings. The number of benzene rings is 2. The van der Waals surface area contributed by atoms with Crippen molar-refractivity contribution >= 4 is 21.9 Å². The van der Waals surface area contributed by atoms with Gasteiger partial charge in [-0.3, -0.25) is 20.0 Å². The van der Waals surface area contributed by atoms with E-state index in [-0.39, 0.29) is 5.82 Å². The van der Waals surface area contributed by atoms with E-state index in [1.807, 2.05) is 24.5 Å². The number of aromatic nitrogens is 6. The Labute approximate surface area is 218 Å². The fourth-order valence-corrected chi connectivity index (χ4v) is 5.40. The number of imidazole rings is 1. The molecule has 2 aromatic carbocycles. The van der Waals surface area contributed by atoms with E-state index >= 15 is 0 Å². The van der Waals surface area contributed by atoms with Gasteiger partial charge in [-0.2, -0.15) is 5.10 Å². The van der Waals surface area contributed by atoms with Crippen molar-refractivity contribution in [3.63, 3.8) is 0 Å². The summed E-state index contributed by atoms with van der Waals surface area (Å²) in [5.74, 6) is 0.295. The van der Waals surface area contributed by atoms with Gasteiger partial charge in [0.25, 0.3) is 0 Å². The monoisotopic (exact) mass is 503 g/mol. The molecule has 0 amide bonds. The maximum atomic E-state index is 14.6. The van der Waals surface area contributed by atoms with E-state index in [1.165, 1.54) is 30.9 Å². The van der Waals surface area contributed by atoms with E-state index in [4.69, 9.17) is 4.98 Å². The molecule has 38 heavy (non-hydrogen) atoms. The summed E-state index contributed by atoms with van der Waals surface area (Å²) in [7, 11) is 0. The van der Waals surface area contributed by atoms with Gasteiger partial charge >= 0.3 is 0 Å². The van der Waals surface area contributed by atoms with Crippen LogP contribution in [0.5, 0.6) is 0 Å². The number of nitrogens with zero attached hydrogens (tertiary/aromatic N) is 5. The third kappa shape index (κ3) is 4.13. The summed E-state index contributed by atoms with van der Waals surface area (Å²) in [6.07, 6.45) is 11.1. The van der Waals surface area contributed by atoms with E-state index in [2.05, 4.69) is 48.2 Å². The lowest BCUT2D eigenvalue weighted by atomic mass is 10.0. The Morgan fingerprint density at radius 3 is 2.58 bits per heavy atom. The first-order valence-corrected chi connectivity index (χ1v) is 13.0. The highest BCUT2D eigenvalue weighted by Gasteiger charge is 2.18. The molecule has 7 rings (SSSR count). The number of rotatable bonds is 5. The summed E-state index contributed by atoms with van der Waals surface area (Å²) < 4.78 is 14.6. The van der Waals surface area contributed by atoms with E-state index in [0.717, 1.165) is 47.2 Å². The molecule has 2 N–H and O–H groups in total. The minimum absolute atomic E-state index is 0.308. The molecule has 0 bridgehead atoms. The molecule has 0 spiro atoms. The van der Waals surface area contributed by atoms with Gasteiger partial charge in [-0.25, -0.2) is 9.37 Å². The molecule has 7 nitrogen and oxygen atoms in total. The van der Waals surface area contributed by atoms with Gasteiger partial charge in [0.15, 0.2) is 5.82 Å². The van der Waals surface area contributed by atoms with Crippen molar-refractivity contribution in [3.05, 3.63) is 84.7 Å². The topological polar surface area (TPSA) is 86.4 Å². The van der Waals surface area contributed by atoms with Crippen molar-refractivity contribution in [1.29, 1.82) is 0 Å². The van der Waals surface area contributed by atoms with Gasteiger partial charge < -0.3 is 4.98 Å². The first-order chi connectivity index (χ1) is 18.7. The van der Waals surface area contributed by atoms with E-state index in [0.29, 0.717) is 28.2 Å². The standard InChI is InChI=1S/C30H26FN7/c31-25-7-3-2-6-22(25)24-16-33-17-27-28(24)35-30(34-27)29-23-13-20(8-9-26(23)36-37-29)21-12-19(14-32-15-21)18-38-10-4-1-5-11-38/h2-3,6-9,12-17H,1,4-5,10-11,18H2,(H,34,35)(H,36,37). The Hall–Kier alpha value is -4.43. The average molecular weight is 504 g/mol. The van der Waals surface area contributed by atoms with Gasteiger partial charge in [-0.1, -0.05) is 30.7 Å². The fraction of sp³-hybridized carbons (Fsp3) is 0.200. The molecule has 0 radical (unpaired) electrons. The Balaban J connectivity index is 1.26. The Kier molecular flexibility index (Phi) is 5.66. The Bertz CT molecular complexity index is 1760. The largest absolute Gasteiger partial charge is 0.335 e. The molecular formula is C30H26FN7. The van der Waals surface area contributed by atoms with Crippen molar-refractivity contribution < 1.29 is 4.39 Å². The van der Waals surface area contributed by atoms with Gasteiger partial charge in [0, 0.05) is 47.2 Å². The Morgan fingerprint density at radius 2 is 1.68 bits per heavy atom. The highest BCUT2D eigenvalue weighted by Crippen LogP contribution is 2.33. The molecular weight excluding hydrogens is 477 g/mol. The van der Waals surface area contributed by atoms with Crippen LogP contribution in [0.2, 0.25) is 0 Å². The molecule has 188 valence electrons. The second kappa shape index (κ2) is 9.46. The van der Waals surface area contributed by atoms with Crippen LogP contribution in [-0.4, -0.2) is 48.1 Å². The molecule has 8 heteroatoms. The molecule has 1 saturated heterocycles. The van der Waals surface area contributed by atoms with Crippen LogP contribution in [0, 0.1) is 5.82 Å². The summed E-state index contributed by atoms with van der Waals surface area (Å²) in [6.45, 7) is 3.23. The highest BCUT2D eigenvalue weighted by molar-refractivity contribution is 5.98. The van der Waals surface area contributed by atoms with Crippen LogP contribution in [0.4, 0.5) is 4.39 Å². The van der Waals surface area contributed by atoms with Gasteiger partial charge in [-0.05, 0) is 61.3 Å². The summed E-state index contributed by atoms with van der Waals surface area (Å²) in [5, 5.41) is 8.65. The Morgan fingerprint density at radius 1 is 0.816 bits per heavy atom. The van der Waals surface area contributed by atoms with E-state index in [1.54, 1.807) is 24.5 Å². The summed E-state index contributed by atoms with van der Waals surface area (Å²) >= 11 is 0. The minimum atomic E-state index is -0.308. The van der Waals surface area contributed by atoms with Crippen LogP contribution in [-0.2, 0) is 6.54 Å². The number of aromatic amines is 2. The van der Waals surface area contributed by atoms with Crippen LogP contribution < -0.4 is 0 Å². The molecule has 1 aliphatic heterocycles. The smallest absolute Gasteiger partial charge is 0.159 e. The number of likely N-dealkylation sites (tertiary alicyclic amines) is 1. The lowest BCUT2D eigenvalue weighted by Gasteiger charge is -2.26. The molecule has 0 atom stereocenters. The van der Waals surface area contributed by atoms with Gasteiger partial charge in [0.2, 0.25) is 0 Å². The molecule has 0 unspecified atom stereocenters. The zero-order valence-electron chi connectivity index (χ0n) is 20.8. The third-order valence-electron chi connectivity index (χ3n) is 7.33. The first kappa shape index (κ1) is 22.7. The zero-order chi connectivity index (χ0) is 25.5. The van der Waals surface area contributed by atoms with E-state index in [9.17, 15) is 4.39 Å². The second-order valence-electron chi connectivity index (χ2n) is 9.90. The summed E-state index contributed by atoms with van der Waals surface area (Å²) in [5.41, 5.74) is 7.47. The minimum Gasteiger partial charge on any atom is -0.335 e. The number of hydrogen-bond acceptors (Lipinski definition) is 5. The maximum Gasteiger partial charge on any atom is 0.159 e. The fourth-order valence-electron chi connectivity index (χ4n) is 5.40. The lowest BCUT2D eigenvalue weighted by molar-refractivity contribution is 0.220. The van der Waals surface area contributed by atoms with Crippen LogP contribution in [0.25, 0.3) is 55.7 Å². The number of piperidine rings is 1. The van der Waals surface area contributed by atoms with Crippen LogP contribution in [0.3, 0.4) is 0 Å². The van der Waals surface area contributed by atoms with Gasteiger partial charge in [-0.15, -0.1) is 0 Å². The normalized spacial score (nSPS) is 14.4. The predicted molar refractivity (Wildman–Crippen MR) is 147 cm³/mol. The van der Waals surface area contributed by atoms with Gasteiger partial charge in [0.05, 0.1) is 17.2 Å². The molecule has 0 saturated carbocycles. The molecule has 4 aromatic heterocycles. The summed E-state index contributed by atoms with van der Waals surface area (Å²) in [4.78, 5) is 19.5. The third-order valence-corrected chi connectivity index (χ3v) is 7.33. The van der Waals surface area contributed by atoms with Crippen molar-refractivity contribution in [2.45, 2.75) is 25.8 Å². The van der Waals surface area contributed by atoms with Gasteiger partial charge in [0.1, 0.15) is 17.0 Å². The number of pyridine rings is 2. The number of fused-ring (bicyclic) bond motifs is 2. The number of hydrogen-bond donors (Lipinski definition) is 2. The summed E-state index contributed by atoms with van der Waals surface area (Å²) in [6, 6.07) is 15.1. The van der Waals surface area contributed by atoms with Crippen LogP contribution >= 0.6 is 0 Å². The number of H-pyrrole nitrogens is 2. The first-order valence-electron chi connectivity index (χ1n) is 13.0. The van der Waals surface area contributed by atoms with E-state index < -0.39 is 0 Å². The molecule has 0 aliphatic carbocycles. The molecule has 1 aliphatic rings. The predicted octanol–water partition coefficient (Wildman–Crippen LogP) is 6.36. The quantitative estimate of drug-likeness (QED) is 0.286. The SMILES string of the molecule is Fc1ccccc1-c1cncc2[nH]c(-c3n[nH]c4ccc(-c5cncc(CN6CCCCC6)c5)cc34)nc12.